The Labute approximate surface area is 113 Å². The Balaban J connectivity index is 2.31. The van der Waals surface area contributed by atoms with Gasteiger partial charge in [0.05, 0.1) is 4.99 Å². The Morgan fingerprint density at radius 2 is 2.17 bits per heavy atom. The fourth-order valence-electron chi connectivity index (χ4n) is 2.25. The van der Waals surface area contributed by atoms with E-state index in [2.05, 4.69) is 6.07 Å². The Morgan fingerprint density at radius 1 is 1.44 bits per heavy atom. The lowest BCUT2D eigenvalue weighted by Crippen LogP contribution is -2.38. The second kappa shape index (κ2) is 5.48. The van der Waals surface area contributed by atoms with Gasteiger partial charge in [0.2, 0.25) is 5.91 Å². The third-order valence-corrected chi connectivity index (χ3v) is 3.76. The summed E-state index contributed by atoms with van der Waals surface area (Å²) < 4.78 is 0. The van der Waals surface area contributed by atoms with Crippen LogP contribution in [0, 0.1) is 5.92 Å². The Kier molecular flexibility index (Phi) is 3.97. The molecule has 0 spiro atoms. The SMILES string of the molecule is CC(CN1C(=O)CCCc2ccccc21)C(N)=S. The van der Waals surface area contributed by atoms with E-state index in [1.165, 1.54) is 5.56 Å². The van der Waals surface area contributed by atoms with E-state index in [-0.39, 0.29) is 11.8 Å². The van der Waals surface area contributed by atoms with Crippen LogP contribution in [0.3, 0.4) is 0 Å². The number of hydrogen-bond acceptors (Lipinski definition) is 2. The van der Waals surface area contributed by atoms with Crippen LogP contribution >= 0.6 is 12.2 Å². The molecule has 0 fully saturated rings. The van der Waals surface area contributed by atoms with Crippen LogP contribution in [-0.2, 0) is 11.2 Å². The van der Waals surface area contributed by atoms with Gasteiger partial charge in [-0.15, -0.1) is 0 Å². The van der Waals surface area contributed by atoms with Crippen molar-refractivity contribution < 1.29 is 4.79 Å². The van der Waals surface area contributed by atoms with E-state index in [4.69, 9.17) is 18.0 Å². The number of para-hydroxylation sites is 1. The zero-order valence-corrected chi connectivity index (χ0v) is 11.4. The lowest BCUT2D eigenvalue weighted by molar-refractivity contribution is -0.118. The fourth-order valence-corrected chi connectivity index (χ4v) is 2.32. The number of carbonyl (C=O) groups is 1. The third kappa shape index (κ3) is 2.70. The van der Waals surface area contributed by atoms with Crippen LogP contribution in [0.4, 0.5) is 5.69 Å². The highest BCUT2D eigenvalue weighted by Gasteiger charge is 2.23. The maximum Gasteiger partial charge on any atom is 0.227 e. The van der Waals surface area contributed by atoms with E-state index < -0.39 is 0 Å². The van der Waals surface area contributed by atoms with E-state index in [0.717, 1.165) is 18.5 Å². The second-order valence-electron chi connectivity index (χ2n) is 4.79. The maximum absolute atomic E-state index is 12.2. The van der Waals surface area contributed by atoms with Gasteiger partial charge in [0.15, 0.2) is 0 Å². The van der Waals surface area contributed by atoms with Gasteiger partial charge < -0.3 is 10.6 Å². The number of aryl methyl sites for hydroxylation is 1. The molecule has 3 nitrogen and oxygen atoms in total. The smallest absolute Gasteiger partial charge is 0.227 e. The summed E-state index contributed by atoms with van der Waals surface area (Å²) in [6, 6.07) is 8.08. The molecule has 1 unspecified atom stereocenters. The molecule has 1 heterocycles. The summed E-state index contributed by atoms with van der Waals surface area (Å²) in [5.41, 5.74) is 7.90. The molecule has 1 atom stereocenters. The first-order valence-electron chi connectivity index (χ1n) is 6.27. The van der Waals surface area contributed by atoms with Crippen molar-refractivity contribution in [2.75, 3.05) is 11.4 Å². The molecule has 0 saturated heterocycles. The third-order valence-electron chi connectivity index (χ3n) is 3.36. The minimum absolute atomic E-state index is 0.0371. The van der Waals surface area contributed by atoms with Gasteiger partial charge in [0.1, 0.15) is 0 Å². The van der Waals surface area contributed by atoms with E-state index >= 15 is 0 Å². The summed E-state index contributed by atoms with van der Waals surface area (Å²) in [6.45, 7) is 2.54. The summed E-state index contributed by atoms with van der Waals surface area (Å²) in [4.78, 5) is 14.5. The minimum Gasteiger partial charge on any atom is -0.393 e. The van der Waals surface area contributed by atoms with Gasteiger partial charge in [-0.25, -0.2) is 0 Å². The molecular weight excluding hydrogens is 244 g/mol. The topological polar surface area (TPSA) is 46.3 Å². The van der Waals surface area contributed by atoms with E-state index in [1.54, 1.807) is 0 Å². The zero-order valence-electron chi connectivity index (χ0n) is 10.6. The van der Waals surface area contributed by atoms with Crippen LogP contribution in [0.5, 0.6) is 0 Å². The summed E-state index contributed by atoms with van der Waals surface area (Å²) >= 11 is 5.00. The molecule has 2 N–H and O–H groups in total. The van der Waals surface area contributed by atoms with Gasteiger partial charge in [-0.1, -0.05) is 37.3 Å². The average molecular weight is 262 g/mol. The number of nitrogens with zero attached hydrogens (tertiary/aromatic N) is 1. The Hall–Kier alpha value is -1.42. The normalized spacial score (nSPS) is 16.9. The van der Waals surface area contributed by atoms with Gasteiger partial charge in [-0.2, -0.15) is 0 Å². The van der Waals surface area contributed by atoms with Gasteiger partial charge >= 0.3 is 0 Å². The molecule has 1 aliphatic rings. The Bertz CT molecular complexity index is 473. The van der Waals surface area contributed by atoms with Crippen molar-refractivity contribution in [1.29, 1.82) is 0 Å². The van der Waals surface area contributed by atoms with Crippen molar-refractivity contribution in [2.45, 2.75) is 26.2 Å². The lowest BCUT2D eigenvalue weighted by atomic mass is 10.1. The molecule has 2 rings (SSSR count). The van der Waals surface area contributed by atoms with Crippen molar-refractivity contribution in [1.82, 2.24) is 0 Å². The highest BCUT2D eigenvalue weighted by molar-refractivity contribution is 7.80. The first-order valence-corrected chi connectivity index (χ1v) is 6.68. The van der Waals surface area contributed by atoms with Gasteiger partial charge in [0, 0.05) is 24.6 Å². The molecule has 0 saturated carbocycles. The number of amides is 1. The number of benzene rings is 1. The number of hydrogen-bond donors (Lipinski definition) is 1. The first kappa shape index (κ1) is 13.0. The number of fused-ring (bicyclic) bond motifs is 1. The molecule has 0 aromatic heterocycles. The van der Waals surface area contributed by atoms with Crippen LogP contribution in [0.1, 0.15) is 25.3 Å². The molecular formula is C14H18N2OS. The predicted octanol–water partition coefficient (Wildman–Crippen LogP) is 2.28. The maximum atomic E-state index is 12.2. The summed E-state index contributed by atoms with van der Waals surface area (Å²) in [5, 5.41) is 0. The van der Waals surface area contributed by atoms with Crippen molar-refractivity contribution >= 4 is 28.8 Å². The van der Waals surface area contributed by atoms with Crippen molar-refractivity contribution in [2.24, 2.45) is 11.7 Å². The first-order chi connectivity index (χ1) is 8.59. The van der Waals surface area contributed by atoms with Crippen LogP contribution in [0.2, 0.25) is 0 Å². The standard InChI is InChI=1S/C14H18N2OS/c1-10(14(15)18)9-16-12-7-3-2-5-11(12)6-4-8-13(16)17/h2-3,5,7,10H,4,6,8-9H2,1H3,(H2,15,18). The average Bonchev–Trinajstić information content (AvgIpc) is 2.50. The van der Waals surface area contributed by atoms with Gasteiger partial charge in [-0.3, -0.25) is 4.79 Å². The number of carbonyl (C=O) groups excluding carboxylic acids is 1. The molecule has 0 aliphatic carbocycles. The monoisotopic (exact) mass is 262 g/mol. The molecule has 1 amide bonds. The summed E-state index contributed by atoms with van der Waals surface area (Å²) in [5.74, 6) is 0.207. The van der Waals surface area contributed by atoms with E-state index in [0.29, 0.717) is 18.0 Å². The largest absolute Gasteiger partial charge is 0.393 e. The van der Waals surface area contributed by atoms with Crippen LogP contribution in [0.25, 0.3) is 0 Å². The molecule has 1 aromatic carbocycles. The van der Waals surface area contributed by atoms with Crippen LogP contribution in [-0.4, -0.2) is 17.4 Å². The minimum atomic E-state index is 0.0371. The zero-order chi connectivity index (χ0) is 13.1. The van der Waals surface area contributed by atoms with Crippen LogP contribution in [0.15, 0.2) is 24.3 Å². The number of nitrogens with two attached hydrogens (primary N) is 1. The van der Waals surface area contributed by atoms with Crippen molar-refractivity contribution in [3.05, 3.63) is 29.8 Å². The quantitative estimate of drug-likeness (QED) is 0.850. The molecule has 1 aromatic rings. The predicted molar refractivity (Wildman–Crippen MR) is 77.7 cm³/mol. The van der Waals surface area contributed by atoms with E-state index in [9.17, 15) is 4.79 Å². The highest BCUT2D eigenvalue weighted by atomic mass is 32.1. The molecule has 18 heavy (non-hydrogen) atoms. The fraction of sp³-hybridized carbons (Fsp3) is 0.429. The second-order valence-corrected chi connectivity index (χ2v) is 5.26. The Morgan fingerprint density at radius 3 is 2.89 bits per heavy atom. The molecule has 4 heteroatoms. The van der Waals surface area contributed by atoms with E-state index in [1.807, 2.05) is 30.0 Å². The molecule has 0 radical (unpaired) electrons. The van der Waals surface area contributed by atoms with Crippen LogP contribution < -0.4 is 10.6 Å². The molecule has 0 bridgehead atoms. The number of rotatable bonds is 3. The lowest BCUT2D eigenvalue weighted by Gasteiger charge is -2.25. The number of anilines is 1. The summed E-state index contributed by atoms with van der Waals surface area (Å²) in [7, 11) is 0. The van der Waals surface area contributed by atoms with Gasteiger partial charge in [0.25, 0.3) is 0 Å². The summed E-state index contributed by atoms with van der Waals surface area (Å²) in [6.07, 6.45) is 2.46. The van der Waals surface area contributed by atoms with Crippen molar-refractivity contribution in [3.63, 3.8) is 0 Å². The number of thiocarbonyl (C=S) groups is 1. The van der Waals surface area contributed by atoms with Crippen molar-refractivity contribution in [3.8, 4) is 0 Å². The molecule has 96 valence electrons. The molecule has 1 aliphatic heterocycles. The highest BCUT2D eigenvalue weighted by Crippen LogP contribution is 2.27. The van der Waals surface area contributed by atoms with Gasteiger partial charge in [-0.05, 0) is 24.5 Å².